The van der Waals surface area contributed by atoms with E-state index >= 15 is 8.78 Å². The van der Waals surface area contributed by atoms with E-state index in [1.54, 1.807) is 17.9 Å². The first-order chi connectivity index (χ1) is 22.1. The van der Waals surface area contributed by atoms with Crippen molar-refractivity contribution in [2.75, 3.05) is 51.5 Å². The third-order valence-corrected chi connectivity index (χ3v) is 9.43. The Labute approximate surface area is 263 Å². The van der Waals surface area contributed by atoms with Gasteiger partial charge in [0.1, 0.15) is 45.8 Å². The van der Waals surface area contributed by atoms with Crippen molar-refractivity contribution in [1.29, 1.82) is 0 Å². The summed E-state index contributed by atoms with van der Waals surface area (Å²) in [5.74, 6) is -1.57. The lowest BCUT2D eigenvalue weighted by Gasteiger charge is -2.41. The number of fused-ring (bicyclic) bond motifs is 3. The van der Waals surface area contributed by atoms with Gasteiger partial charge in [0.2, 0.25) is 5.88 Å². The Bertz CT molecular complexity index is 1810. The number of halogens is 3. The second-order valence-corrected chi connectivity index (χ2v) is 12.9. The molecule has 2 aromatic carbocycles. The SMILES string of the molecule is COc1nc(-c2cc(O)cc3cccc(F)c23)c(F)c2nc(OC[C@]34CCC[C@H]3NC[C@@H](F)C4)nc(N3CCOC[C@@](C)(O)C3)c12. The largest absolute Gasteiger partial charge is 0.508 e. The number of anilines is 1. The second kappa shape index (κ2) is 11.7. The van der Waals surface area contributed by atoms with Gasteiger partial charge >= 0.3 is 6.01 Å². The number of alkyl halides is 1. The summed E-state index contributed by atoms with van der Waals surface area (Å²) in [5, 5.41) is 25.3. The van der Waals surface area contributed by atoms with Crippen molar-refractivity contribution in [2.24, 2.45) is 5.41 Å². The minimum Gasteiger partial charge on any atom is -0.508 e. The molecular weight excluding hydrogens is 603 g/mol. The van der Waals surface area contributed by atoms with E-state index in [4.69, 9.17) is 19.2 Å². The highest BCUT2D eigenvalue weighted by Crippen LogP contribution is 2.46. The van der Waals surface area contributed by atoms with E-state index in [2.05, 4.69) is 15.3 Å². The maximum absolute atomic E-state index is 16.9. The Morgan fingerprint density at radius 2 is 2.02 bits per heavy atom. The number of ether oxygens (including phenoxy) is 3. The van der Waals surface area contributed by atoms with E-state index in [1.165, 1.54) is 31.4 Å². The van der Waals surface area contributed by atoms with Gasteiger partial charge in [-0.2, -0.15) is 9.97 Å². The van der Waals surface area contributed by atoms with Gasteiger partial charge in [0, 0.05) is 35.5 Å². The number of nitrogens with one attached hydrogen (secondary N) is 1. The van der Waals surface area contributed by atoms with Gasteiger partial charge in [-0.1, -0.05) is 18.6 Å². The lowest BCUT2D eigenvalue weighted by molar-refractivity contribution is -0.0123. The zero-order valence-electron chi connectivity index (χ0n) is 25.7. The van der Waals surface area contributed by atoms with Crippen LogP contribution in [0.1, 0.15) is 32.6 Å². The molecule has 1 saturated carbocycles. The van der Waals surface area contributed by atoms with Crippen LogP contribution in [0.15, 0.2) is 30.3 Å². The molecule has 4 heterocycles. The molecule has 0 spiro atoms. The van der Waals surface area contributed by atoms with E-state index in [0.717, 1.165) is 19.3 Å². The number of benzene rings is 2. The number of phenolic OH excluding ortho intramolecular Hbond substituents is 1. The van der Waals surface area contributed by atoms with Gasteiger partial charge < -0.3 is 34.6 Å². The van der Waals surface area contributed by atoms with Crippen molar-refractivity contribution < 1.29 is 37.6 Å². The highest BCUT2D eigenvalue weighted by Gasteiger charge is 2.48. The molecule has 4 atom stereocenters. The third-order valence-electron chi connectivity index (χ3n) is 9.43. The van der Waals surface area contributed by atoms with E-state index in [9.17, 15) is 14.6 Å². The van der Waals surface area contributed by atoms with Gasteiger partial charge in [-0.05, 0) is 49.8 Å². The van der Waals surface area contributed by atoms with Crippen molar-refractivity contribution >= 4 is 27.5 Å². The molecule has 4 aromatic rings. The summed E-state index contributed by atoms with van der Waals surface area (Å²) in [6, 6.07) is 6.92. The average molecular weight is 640 g/mol. The van der Waals surface area contributed by atoms with Crippen LogP contribution in [0, 0.1) is 17.0 Å². The first-order valence-electron chi connectivity index (χ1n) is 15.5. The van der Waals surface area contributed by atoms with Crippen LogP contribution in [-0.2, 0) is 4.74 Å². The molecule has 0 bridgehead atoms. The molecule has 2 saturated heterocycles. The molecule has 7 rings (SSSR count). The smallest absolute Gasteiger partial charge is 0.319 e. The third kappa shape index (κ3) is 5.43. The van der Waals surface area contributed by atoms with Gasteiger partial charge in [-0.15, -0.1) is 0 Å². The number of phenols is 1. The summed E-state index contributed by atoms with van der Waals surface area (Å²) < 4.78 is 64.2. The van der Waals surface area contributed by atoms with Crippen molar-refractivity contribution in [3.05, 3.63) is 42.0 Å². The molecule has 3 aliphatic rings. The summed E-state index contributed by atoms with van der Waals surface area (Å²) in [6.45, 7) is 2.78. The Hall–Kier alpha value is -3.94. The Morgan fingerprint density at radius 3 is 2.85 bits per heavy atom. The lowest BCUT2D eigenvalue weighted by Crippen LogP contribution is -2.53. The van der Waals surface area contributed by atoms with Gasteiger partial charge in [0.15, 0.2) is 5.82 Å². The number of pyridine rings is 1. The molecule has 1 aliphatic carbocycles. The monoisotopic (exact) mass is 639 g/mol. The van der Waals surface area contributed by atoms with Crippen LogP contribution in [0.25, 0.3) is 32.9 Å². The molecule has 244 valence electrons. The number of nitrogens with zero attached hydrogens (tertiary/aromatic N) is 4. The molecule has 2 aromatic heterocycles. The van der Waals surface area contributed by atoms with Crippen molar-refractivity contribution in [3.63, 3.8) is 0 Å². The summed E-state index contributed by atoms with van der Waals surface area (Å²) >= 11 is 0. The molecule has 3 N–H and O–H groups in total. The number of aromatic hydroxyl groups is 1. The topological polar surface area (TPSA) is 122 Å². The minimum absolute atomic E-state index is 0.00879. The van der Waals surface area contributed by atoms with Crippen LogP contribution < -0.4 is 19.7 Å². The zero-order valence-corrected chi connectivity index (χ0v) is 25.7. The Morgan fingerprint density at radius 1 is 1.17 bits per heavy atom. The predicted octanol–water partition coefficient (Wildman–Crippen LogP) is 4.67. The van der Waals surface area contributed by atoms with Gasteiger partial charge in [0.05, 0.1) is 33.5 Å². The van der Waals surface area contributed by atoms with Crippen molar-refractivity contribution in [3.8, 4) is 28.9 Å². The number of aliphatic hydroxyl groups is 1. The van der Waals surface area contributed by atoms with Crippen LogP contribution in [0.4, 0.5) is 19.0 Å². The zero-order chi connectivity index (χ0) is 32.2. The van der Waals surface area contributed by atoms with E-state index < -0.39 is 28.8 Å². The average Bonchev–Trinajstić information content (AvgIpc) is 3.35. The number of methoxy groups -OCH3 is 1. The van der Waals surface area contributed by atoms with E-state index in [-0.39, 0.29) is 83.4 Å². The van der Waals surface area contributed by atoms with Crippen LogP contribution in [0.3, 0.4) is 0 Å². The van der Waals surface area contributed by atoms with Crippen LogP contribution in [0.2, 0.25) is 0 Å². The number of piperidine rings is 1. The van der Waals surface area contributed by atoms with E-state index in [0.29, 0.717) is 24.9 Å². The summed E-state index contributed by atoms with van der Waals surface area (Å²) in [6.07, 6.45) is 1.92. The molecule has 46 heavy (non-hydrogen) atoms. The molecule has 2 aliphatic heterocycles. The molecule has 0 unspecified atom stereocenters. The highest BCUT2D eigenvalue weighted by atomic mass is 19.1. The number of aromatic nitrogens is 3. The fraction of sp³-hybridized carbons (Fsp3) is 0.485. The summed E-state index contributed by atoms with van der Waals surface area (Å²) in [5.41, 5.74) is -2.21. The fourth-order valence-corrected chi connectivity index (χ4v) is 7.38. The van der Waals surface area contributed by atoms with Gasteiger partial charge in [-0.25, -0.2) is 18.2 Å². The normalized spacial score (nSPS) is 26.7. The predicted molar refractivity (Wildman–Crippen MR) is 165 cm³/mol. The molecule has 0 radical (unpaired) electrons. The van der Waals surface area contributed by atoms with Crippen LogP contribution in [0.5, 0.6) is 17.6 Å². The van der Waals surface area contributed by atoms with Gasteiger partial charge in [-0.3, -0.25) is 0 Å². The minimum atomic E-state index is -1.26. The molecule has 0 amide bonds. The first-order valence-corrected chi connectivity index (χ1v) is 15.5. The van der Waals surface area contributed by atoms with Crippen LogP contribution in [-0.4, -0.2) is 89.5 Å². The lowest BCUT2D eigenvalue weighted by atomic mass is 9.76. The Balaban J connectivity index is 1.42. The maximum Gasteiger partial charge on any atom is 0.319 e. The molecule has 13 heteroatoms. The summed E-state index contributed by atoms with van der Waals surface area (Å²) in [7, 11) is 1.36. The van der Waals surface area contributed by atoms with Crippen molar-refractivity contribution in [2.45, 2.75) is 50.4 Å². The first kappa shape index (κ1) is 30.7. The number of hydrogen-bond acceptors (Lipinski definition) is 10. The second-order valence-electron chi connectivity index (χ2n) is 12.9. The highest BCUT2D eigenvalue weighted by molar-refractivity contribution is 6.02. The molecule has 3 fully saturated rings. The summed E-state index contributed by atoms with van der Waals surface area (Å²) in [4.78, 5) is 15.4. The maximum atomic E-state index is 16.9. The standard InChI is InChI=1S/C33H36F3N5O5/c1-32(43)15-41(9-10-45-16-32)29-25-28(39-31(40-29)46-17-33-8-4-7-23(33)37-14-19(34)13-33)26(36)27(38-30(25)44-2)21-12-20(42)11-18-5-3-6-22(35)24(18)21/h3,5-6,11-12,19,23,37,42-43H,4,7-10,13-17H2,1-2H3/t19-,23+,32-,33+/m0/s1. The number of rotatable bonds is 6. The fourth-order valence-electron chi connectivity index (χ4n) is 7.38. The van der Waals surface area contributed by atoms with E-state index in [1.807, 2.05) is 0 Å². The number of hydrogen-bond donors (Lipinski definition) is 3. The number of β-amino-alcohol motifs (C(OH)–C–C–N with tert-alkyl or cyclic N) is 1. The van der Waals surface area contributed by atoms with Gasteiger partial charge in [0.25, 0.3) is 0 Å². The Kier molecular flexibility index (Phi) is 7.81. The molecule has 10 nitrogen and oxygen atoms in total. The quantitative estimate of drug-likeness (QED) is 0.274. The van der Waals surface area contributed by atoms with Crippen LogP contribution >= 0.6 is 0 Å². The van der Waals surface area contributed by atoms with Crippen molar-refractivity contribution in [1.82, 2.24) is 20.3 Å². The molecular formula is C33H36F3N5O5.